The first kappa shape index (κ1) is 19.9. The molecule has 0 amide bonds. The maximum atomic E-state index is 13.4. The zero-order chi connectivity index (χ0) is 20.1. The summed E-state index contributed by atoms with van der Waals surface area (Å²) in [4.78, 5) is 9.71. The van der Waals surface area contributed by atoms with Gasteiger partial charge in [-0.2, -0.15) is 23.4 Å². The largest absolute Gasteiger partial charge is 0.474 e. The lowest BCUT2D eigenvalue weighted by molar-refractivity contribution is -0.140. The highest BCUT2D eigenvalue weighted by Crippen LogP contribution is 2.37. The fourth-order valence-electron chi connectivity index (χ4n) is 3.30. The maximum Gasteiger partial charge on any atom is 0.423 e. The van der Waals surface area contributed by atoms with Crippen LogP contribution in [-0.2, 0) is 6.18 Å². The Balaban J connectivity index is 1.98. The predicted octanol–water partition coefficient (Wildman–Crippen LogP) is 5.24. The van der Waals surface area contributed by atoms with Gasteiger partial charge in [0.05, 0.1) is 11.6 Å². The van der Waals surface area contributed by atoms with Gasteiger partial charge in [-0.1, -0.05) is 12.5 Å². The second-order valence-corrected chi connectivity index (χ2v) is 6.67. The minimum Gasteiger partial charge on any atom is -0.474 e. The minimum absolute atomic E-state index is 0.108. The molecule has 1 heterocycles. The molecule has 8 heteroatoms. The van der Waals surface area contributed by atoms with Crippen molar-refractivity contribution in [1.82, 2.24) is 9.97 Å². The molecule has 0 bridgehead atoms. The average molecular weight is 390 g/mol. The Bertz CT molecular complexity index is 857. The van der Waals surface area contributed by atoms with E-state index in [1.54, 1.807) is 29.2 Å². The molecule has 1 fully saturated rings. The summed E-state index contributed by atoms with van der Waals surface area (Å²) >= 11 is 0. The average Bonchev–Trinajstić information content (AvgIpc) is 2.69. The van der Waals surface area contributed by atoms with Crippen molar-refractivity contribution in [3.05, 3.63) is 41.6 Å². The van der Waals surface area contributed by atoms with Crippen LogP contribution in [0.5, 0.6) is 5.88 Å². The smallest absolute Gasteiger partial charge is 0.423 e. The van der Waals surface area contributed by atoms with Crippen LogP contribution in [0.15, 0.2) is 30.5 Å². The molecule has 28 heavy (non-hydrogen) atoms. The molecule has 0 saturated heterocycles. The summed E-state index contributed by atoms with van der Waals surface area (Å²) in [5.41, 5.74) is 0.107. The van der Waals surface area contributed by atoms with E-state index in [2.05, 4.69) is 16.0 Å². The number of alkyl halides is 3. The number of ether oxygens (including phenoxy) is 1. The molecule has 0 atom stereocenters. The van der Waals surface area contributed by atoms with E-state index in [1.165, 1.54) is 0 Å². The van der Waals surface area contributed by atoms with E-state index in [0.717, 1.165) is 38.3 Å². The van der Waals surface area contributed by atoms with Gasteiger partial charge in [0.15, 0.2) is 0 Å². The number of benzene rings is 1. The molecule has 0 unspecified atom stereocenters. The van der Waals surface area contributed by atoms with Crippen molar-refractivity contribution in [2.75, 3.05) is 11.4 Å². The van der Waals surface area contributed by atoms with Crippen molar-refractivity contribution in [2.24, 2.45) is 0 Å². The van der Waals surface area contributed by atoms with Gasteiger partial charge in [-0.25, -0.2) is 4.98 Å². The summed E-state index contributed by atoms with van der Waals surface area (Å²) in [5.74, 6) is -0.323. The van der Waals surface area contributed by atoms with Gasteiger partial charge in [-0.3, -0.25) is 0 Å². The lowest BCUT2D eigenvalue weighted by Gasteiger charge is -2.26. The molecule has 2 aromatic rings. The van der Waals surface area contributed by atoms with Gasteiger partial charge in [0.2, 0.25) is 11.8 Å². The van der Waals surface area contributed by atoms with Gasteiger partial charge >= 0.3 is 6.18 Å². The third-order valence-corrected chi connectivity index (χ3v) is 4.72. The summed E-state index contributed by atoms with van der Waals surface area (Å²) in [6, 6.07) is 8.82. The van der Waals surface area contributed by atoms with E-state index >= 15 is 0 Å². The molecule has 148 valence electrons. The number of halogens is 3. The number of aromatic nitrogens is 2. The second-order valence-electron chi connectivity index (χ2n) is 6.67. The van der Waals surface area contributed by atoms with Crippen molar-refractivity contribution in [3.8, 4) is 11.9 Å². The van der Waals surface area contributed by atoms with Crippen LogP contribution >= 0.6 is 0 Å². The quantitative estimate of drug-likeness (QED) is 0.699. The topological polar surface area (TPSA) is 62.0 Å². The van der Waals surface area contributed by atoms with Crippen LogP contribution < -0.4 is 9.64 Å². The van der Waals surface area contributed by atoms with Crippen LogP contribution in [0.4, 0.5) is 24.8 Å². The first-order chi connectivity index (χ1) is 13.4. The van der Waals surface area contributed by atoms with Crippen LogP contribution in [0.2, 0.25) is 0 Å². The van der Waals surface area contributed by atoms with Gasteiger partial charge in [0, 0.05) is 18.4 Å². The highest BCUT2D eigenvalue weighted by atomic mass is 19.4. The van der Waals surface area contributed by atoms with E-state index in [4.69, 9.17) is 10.00 Å². The number of hydrogen-bond donors (Lipinski definition) is 0. The lowest BCUT2D eigenvalue weighted by Crippen LogP contribution is -2.24. The third kappa shape index (κ3) is 4.53. The van der Waals surface area contributed by atoms with Gasteiger partial charge < -0.3 is 9.64 Å². The Morgan fingerprint density at radius 2 is 2.00 bits per heavy atom. The number of hydrogen-bond acceptors (Lipinski definition) is 5. The molecular weight excluding hydrogens is 369 g/mol. The Morgan fingerprint density at radius 1 is 1.25 bits per heavy atom. The zero-order valence-electron chi connectivity index (χ0n) is 15.5. The fraction of sp³-hybridized carbons (Fsp3) is 0.450. The maximum absolute atomic E-state index is 13.4. The SMILES string of the molecule is CCN(c1cccc(C#N)c1)c1ncc(C(F)(F)F)c(OC2CCCCC2)n1. The normalized spacial score (nSPS) is 15.1. The molecule has 3 rings (SSSR count). The van der Waals surface area contributed by atoms with Crippen molar-refractivity contribution in [2.45, 2.75) is 51.3 Å². The summed E-state index contributed by atoms with van der Waals surface area (Å²) in [6.45, 7) is 2.25. The molecule has 1 aromatic heterocycles. The van der Waals surface area contributed by atoms with Gasteiger partial charge in [0.1, 0.15) is 11.7 Å². The second kappa shape index (κ2) is 8.46. The predicted molar refractivity (Wildman–Crippen MR) is 98.4 cm³/mol. The van der Waals surface area contributed by atoms with Crippen LogP contribution in [0.1, 0.15) is 50.2 Å². The first-order valence-electron chi connectivity index (χ1n) is 9.31. The van der Waals surface area contributed by atoms with Crippen LogP contribution in [0, 0.1) is 11.3 Å². The van der Waals surface area contributed by atoms with E-state index in [0.29, 0.717) is 17.8 Å². The van der Waals surface area contributed by atoms with E-state index in [-0.39, 0.29) is 12.1 Å². The van der Waals surface area contributed by atoms with E-state index in [1.807, 2.05) is 6.92 Å². The highest BCUT2D eigenvalue weighted by molar-refractivity contribution is 5.60. The Hall–Kier alpha value is -2.82. The highest BCUT2D eigenvalue weighted by Gasteiger charge is 2.37. The molecule has 0 aliphatic heterocycles. The molecule has 1 aliphatic carbocycles. The third-order valence-electron chi connectivity index (χ3n) is 4.72. The minimum atomic E-state index is -4.60. The molecule has 1 aliphatic rings. The van der Waals surface area contributed by atoms with Crippen molar-refractivity contribution in [3.63, 3.8) is 0 Å². The molecular formula is C20H21F3N4O. The first-order valence-corrected chi connectivity index (χ1v) is 9.31. The van der Waals surface area contributed by atoms with Crippen molar-refractivity contribution >= 4 is 11.6 Å². The summed E-state index contributed by atoms with van der Waals surface area (Å²) in [6.07, 6.45) is 0.293. The molecule has 0 radical (unpaired) electrons. The monoisotopic (exact) mass is 390 g/mol. The van der Waals surface area contributed by atoms with Crippen LogP contribution in [0.3, 0.4) is 0 Å². The number of rotatable bonds is 5. The summed E-state index contributed by atoms with van der Waals surface area (Å²) in [5, 5.41) is 9.09. The van der Waals surface area contributed by atoms with E-state index < -0.39 is 17.6 Å². The van der Waals surface area contributed by atoms with Crippen molar-refractivity contribution in [1.29, 1.82) is 5.26 Å². The standard InChI is InChI=1S/C20H21F3N4O/c1-2-27(15-8-6-7-14(11-15)12-24)19-25-13-17(20(21,22)23)18(26-19)28-16-9-4-3-5-10-16/h6-8,11,13,16H,2-5,9-10H2,1H3. The van der Waals surface area contributed by atoms with Crippen molar-refractivity contribution < 1.29 is 17.9 Å². The van der Waals surface area contributed by atoms with E-state index in [9.17, 15) is 13.2 Å². The number of nitriles is 1. The van der Waals surface area contributed by atoms with Crippen LogP contribution in [0.25, 0.3) is 0 Å². The zero-order valence-corrected chi connectivity index (χ0v) is 15.5. The summed E-state index contributed by atoms with van der Waals surface area (Å²) < 4.78 is 46.0. The number of anilines is 2. The molecule has 5 nitrogen and oxygen atoms in total. The molecule has 1 saturated carbocycles. The van der Waals surface area contributed by atoms with Crippen LogP contribution in [-0.4, -0.2) is 22.6 Å². The Kier molecular flexibility index (Phi) is 6.02. The molecule has 0 spiro atoms. The Labute approximate surface area is 161 Å². The molecule has 1 aromatic carbocycles. The Morgan fingerprint density at radius 3 is 2.64 bits per heavy atom. The van der Waals surface area contributed by atoms with Gasteiger partial charge in [-0.15, -0.1) is 0 Å². The van der Waals surface area contributed by atoms with Gasteiger partial charge in [-0.05, 0) is 50.8 Å². The molecule has 0 N–H and O–H groups in total. The lowest BCUT2D eigenvalue weighted by atomic mass is 9.98. The van der Waals surface area contributed by atoms with Gasteiger partial charge in [0.25, 0.3) is 0 Å². The summed E-state index contributed by atoms with van der Waals surface area (Å²) in [7, 11) is 0. The fourth-order valence-corrected chi connectivity index (χ4v) is 3.30. The number of nitrogens with zero attached hydrogens (tertiary/aromatic N) is 4.